The number of rotatable bonds is 3. The van der Waals surface area contributed by atoms with Crippen molar-refractivity contribution in [3.05, 3.63) is 30.1 Å². The highest BCUT2D eigenvalue weighted by Gasteiger charge is 2.28. The van der Waals surface area contributed by atoms with E-state index in [0.29, 0.717) is 6.42 Å². The van der Waals surface area contributed by atoms with Crippen molar-refractivity contribution in [1.29, 1.82) is 0 Å². The second-order valence-corrected chi connectivity index (χ2v) is 4.70. The van der Waals surface area contributed by atoms with Crippen LogP contribution in [0.15, 0.2) is 24.5 Å². The molecule has 3 nitrogen and oxygen atoms in total. The third-order valence-corrected chi connectivity index (χ3v) is 2.19. The monoisotopic (exact) mass is 207 g/mol. The molecule has 0 spiro atoms. The molecule has 0 saturated heterocycles. The second kappa shape index (κ2) is 4.53. The summed E-state index contributed by atoms with van der Waals surface area (Å²) in [6.45, 7) is 5.42. The lowest BCUT2D eigenvalue weighted by atomic mass is 9.86. The Hall–Kier alpha value is -1.22. The van der Waals surface area contributed by atoms with Gasteiger partial charge in [-0.1, -0.05) is 26.8 Å². The Morgan fingerprint density at radius 2 is 2.20 bits per heavy atom. The third-order valence-electron chi connectivity index (χ3n) is 2.19. The average molecular weight is 207 g/mol. The number of nitrogens with zero attached hydrogens (tertiary/aromatic N) is 1. The summed E-state index contributed by atoms with van der Waals surface area (Å²) in [6.07, 6.45) is 2.74. The largest absolute Gasteiger partial charge is 0.385 e. The van der Waals surface area contributed by atoms with Gasteiger partial charge in [0.2, 0.25) is 0 Å². The topological polar surface area (TPSA) is 50.2 Å². The first-order valence-corrected chi connectivity index (χ1v) is 5.02. The number of ketones is 1. The van der Waals surface area contributed by atoms with E-state index in [1.54, 1.807) is 18.5 Å². The van der Waals surface area contributed by atoms with Crippen molar-refractivity contribution in [2.24, 2.45) is 5.41 Å². The van der Waals surface area contributed by atoms with E-state index in [0.717, 1.165) is 5.56 Å². The van der Waals surface area contributed by atoms with Crippen LogP contribution in [0.1, 0.15) is 26.3 Å². The van der Waals surface area contributed by atoms with Crippen molar-refractivity contribution in [3.63, 3.8) is 0 Å². The van der Waals surface area contributed by atoms with Crippen LogP contribution in [0, 0.1) is 5.41 Å². The van der Waals surface area contributed by atoms with Crippen molar-refractivity contribution in [2.45, 2.75) is 33.3 Å². The Kier molecular flexibility index (Phi) is 3.58. The van der Waals surface area contributed by atoms with Crippen molar-refractivity contribution in [2.75, 3.05) is 0 Å². The maximum absolute atomic E-state index is 11.7. The average Bonchev–Trinajstić information content (AvgIpc) is 2.16. The van der Waals surface area contributed by atoms with E-state index in [9.17, 15) is 9.90 Å². The van der Waals surface area contributed by atoms with E-state index in [1.165, 1.54) is 0 Å². The van der Waals surface area contributed by atoms with Gasteiger partial charge in [-0.2, -0.15) is 0 Å². The fourth-order valence-electron chi connectivity index (χ4n) is 1.33. The maximum atomic E-state index is 11.7. The molecule has 0 aliphatic carbocycles. The number of aliphatic hydroxyl groups is 1. The molecule has 1 unspecified atom stereocenters. The Morgan fingerprint density at radius 3 is 2.67 bits per heavy atom. The number of carbonyl (C=O) groups excluding carboxylic acids is 1. The minimum atomic E-state index is -0.936. The molecule has 0 bridgehead atoms. The smallest absolute Gasteiger partial charge is 0.166 e. The van der Waals surface area contributed by atoms with Crippen molar-refractivity contribution < 1.29 is 9.90 Å². The predicted molar refractivity (Wildman–Crippen MR) is 58.4 cm³/mol. The van der Waals surface area contributed by atoms with Gasteiger partial charge in [-0.3, -0.25) is 9.78 Å². The molecule has 0 radical (unpaired) electrons. The van der Waals surface area contributed by atoms with Gasteiger partial charge in [0.05, 0.1) is 0 Å². The quantitative estimate of drug-likeness (QED) is 0.819. The molecule has 1 heterocycles. The number of aliphatic hydroxyl groups excluding tert-OH is 1. The lowest BCUT2D eigenvalue weighted by molar-refractivity contribution is -0.134. The molecular weight excluding hydrogens is 190 g/mol. The van der Waals surface area contributed by atoms with Crippen LogP contribution in [0.5, 0.6) is 0 Å². The molecule has 1 atom stereocenters. The summed E-state index contributed by atoms with van der Waals surface area (Å²) >= 11 is 0. The van der Waals surface area contributed by atoms with Gasteiger partial charge < -0.3 is 5.11 Å². The van der Waals surface area contributed by atoms with Crippen LogP contribution < -0.4 is 0 Å². The van der Waals surface area contributed by atoms with E-state index >= 15 is 0 Å². The van der Waals surface area contributed by atoms with E-state index in [2.05, 4.69) is 4.98 Å². The molecule has 1 aromatic heterocycles. The highest BCUT2D eigenvalue weighted by molar-refractivity contribution is 5.87. The summed E-state index contributed by atoms with van der Waals surface area (Å²) in [7, 11) is 0. The molecule has 82 valence electrons. The zero-order chi connectivity index (χ0) is 11.5. The van der Waals surface area contributed by atoms with Crippen molar-refractivity contribution in [1.82, 2.24) is 4.98 Å². The molecule has 0 aliphatic rings. The lowest BCUT2D eigenvalue weighted by Crippen LogP contribution is -2.33. The molecule has 0 amide bonds. The van der Waals surface area contributed by atoms with Crippen LogP contribution in [0.2, 0.25) is 0 Å². The Bertz CT molecular complexity index is 327. The first-order valence-electron chi connectivity index (χ1n) is 5.02. The SMILES string of the molecule is CC(C)(C)C(=O)C(O)Cc1cccnc1. The number of hydrogen-bond donors (Lipinski definition) is 1. The summed E-state index contributed by atoms with van der Waals surface area (Å²) in [4.78, 5) is 15.6. The molecular formula is C12H17NO2. The van der Waals surface area contributed by atoms with Gasteiger partial charge in [-0.05, 0) is 11.6 Å². The second-order valence-electron chi connectivity index (χ2n) is 4.70. The first-order chi connectivity index (χ1) is 6.91. The van der Waals surface area contributed by atoms with Gasteiger partial charge >= 0.3 is 0 Å². The van der Waals surface area contributed by atoms with Gasteiger partial charge in [0.15, 0.2) is 5.78 Å². The number of Topliss-reactive ketones (excluding diaryl/α,β-unsaturated/α-hetero) is 1. The highest BCUT2D eigenvalue weighted by atomic mass is 16.3. The predicted octanol–water partition coefficient (Wildman–Crippen LogP) is 1.60. The molecule has 1 aromatic rings. The molecule has 3 heteroatoms. The van der Waals surface area contributed by atoms with E-state index in [4.69, 9.17) is 0 Å². The summed E-state index contributed by atoms with van der Waals surface area (Å²) in [5, 5.41) is 9.73. The summed E-state index contributed by atoms with van der Waals surface area (Å²) < 4.78 is 0. The maximum Gasteiger partial charge on any atom is 0.166 e. The number of pyridine rings is 1. The normalized spacial score (nSPS) is 13.6. The van der Waals surface area contributed by atoms with E-state index < -0.39 is 11.5 Å². The van der Waals surface area contributed by atoms with E-state index in [-0.39, 0.29) is 5.78 Å². The summed E-state index contributed by atoms with van der Waals surface area (Å²) in [5.74, 6) is -0.133. The fourth-order valence-corrected chi connectivity index (χ4v) is 1.33. The number of hydrogen-bond acceptors (Lipinski definition) is 3. The molecule has 0 fully saturated rings. The molecule has 0 saturated carbocycles. The van der Waals surface area contributed by atoms with Crippen LogP contribution in [0.25, 0.3) is 0 Å². The van der Waals surface area contributed by atoms with E-state index in [1.807, 2.05) is 26.8 Å². The Labute approximate surface area is 90.2 Å². The molecule has 15 heavy (non-hydrogen) atoms. The number of aromatic nitrogens is 1. The van der Waals surface area contributed by atoms with Crippen LogP contribution >= 0.6 is 0 Å². The third kappa shape index (κ3) is 3.44. The first kappa shape index (κ1) is 11.9. The van der Waals surface area contributed by atoms with Crippen molar-refractivity contribution >= 4 is 5.78 Å². The van der Waals surface area contributed by atoms with Crippen LogP contribution in [-0.2, 0) is 11.2 Å². The molecule has 0 aliphatic heterocycles. The summed E-state index contributed by atoms with van der Waals surface area (Å²) in [5.41, 5.74) is 0.379. The Balaban J connectivity index is 2.65. The van der Waals surface area contributed by atoms with Gasteiger partial charge in [0.1, 0.15) is 6.10 Å². The number of carbonyl (C=O) groups is 1. The van der Waals surface area contributed by atoms with Crippen LogP contribution in [-0.4, -0.2) is 22.0 Å². The minimum absolute atomic E-state index is 0.133. The van der Waals surface area contributed by atoms with Gasteiger partial charge in [0.25, 0.3) is 0 Å². The lowest BCUT2D eigenvalue weighted by Gasteiger charge is -2.20. The van der Waals surface area contributed by atoms with Gasteiger partial charge in [0, 0.05) is 24.2 Å². The standard InChI is InChI=1S/C12H17NO2/c1-12(2,3)11(15)10(14)7-9-5-4-6-13-8-9/h4-6,8,10,14H,7H2,1-3H3. The van der Waals surface area contributed by atoms with Crippen LogP contribution in [0.3, 0.4) is 0 Å². The zero-order valence-corrected chi connectivity index (χ0v) is 9.40. The zero-order valence-electron chi connectivity index (χ0n) is 9.40. The molecule has 1 rings (SSSR count). The molecule has 0 aromatic carbocycles. The molecule has 1 N–H and O–H groups in total. The van der Waals surface area contributed by atoms with Crippen LogP contribution in [0.4, 0.5) is 0 Å². The summed E-state index contributed by atoms with van der Waals surface area (Å²) in [6, 6.07) is 3.65. The Morgan fingerprint density at radius 1 is 1.53 bits per heavy atom. The fraction of sp³-hybridized carbons (Fsp3) is 0.500. The minimum Gasteiger partial charge on any atom is -0.385 e. The van der Waals surface area contributed by atoms with Gasteiger partial charge in [-0.15, -0.1) is 0 Å². The van der Waals surface area contributed by atoms with Gasteiger partial charge in [-0.25, -0.2) is 0 Å². The van der Waals surface area contributed by atoms with Crippen molar-refractivity contribution in [3.8, 4) is 0 Å². The highest BCUT2D eigenvalue weighted by Crippen LogP contribution is 2.18.